The van der Waals surface area contributed by atoms with Crippen molar-refractivity contribution in [2.24, 2.45) is 11.3 Å². The first kappa shape index (κ1) is 12.1. The minimum Gasteiger partial charge on any atom is -0.481 e. The van der Waals surface area contributed by atoms with Crippen LogP contribution >= 0.6 is 0 Å². The Hall–Kier alpha value is -1.39. The summed E-state index contributed by atoms with van der Waals surface area (Å²) in [6.45, 7) is 4.85. The van der Waals surface area contributed by atoms with Crippen LogP contribution in [0.4, 0.5) is 0 Å². The molecule has 0 aromatic carbocycles. The summed E-state index contributed by atoms with van der Waals surface area (Å²) in [6, 6.07) is 0. The van der Waals surface area contributed by atoms with Gasteiger partial charge in [-0.3, -0.25) is 9.48 Å². The minimum atomic E-state index is -0.687. The summed E-state index contributed by atoms with van der Waals surface area (Å²) < 4.78 is 1.79. The van der Waals surface area contributed by atoms with Crippen LogP contribution in [-0.2, 0) is 17.8 Å². The highest BCUT2D eigenvalue weighted by Crippen LogP contribution is 2.44. The van der Waals surface area contributed by atoms with Crippen LogP contribution in [0.15, 0.2) is 6.33 Å². The summed E-state index contributed by atoms with van der Waals surface area (Å²) in [6.07, 6.45) is 4.50. The average Bonchev–Trinajstić information content (AvgIpc) is 2.86. The third-order valence-electron chi connectivity index (χ3n) is 3.80. The first-order valence-electron chi connectivity index (χ1n) is 6.17. The van der Waals surface area contributed by atoms with E-state index in [9.17, 15) is 9.90 Å². The minimum absolute atomic E-state index is 0.490. The fraction of sp³-hybridized carbons (Fsp3) is 0.750. The average molecular weight is 237 g/mol. The molecule has 1 N–H and O–H groups in total. The number of nitrogens with zero attached hydrogens (tertiary/aromatic N) is 3. The van der Waals surface area contributed by atoms with Crippen molar-refractivity contribution >= 4 is 5.97 Å². The van der Waals surface area contributed by atoms with Gasteiger partial charge in [-0.2, -0.15) is 5.10 Å². The van der Waals surface area contributed by atoms with Gasteiger partial charge in [0.05, 0.1) is 5.41 Å². The zero-order valence-corrected chi connectivity index (χ0v) is 10.4. The number of carboxylic acid groups (broad SMARTS) is 1. The summed E-state index contributed by atoms with van der Waals surface area (Å²) in [5.41, 5.74) is -0.626. The van der Waals surface area contributed by atoms with Crippen LogP contribution in [0, 0.1) is 11.3 Å². The maximum atomic E-state index is 11.5. The third kappa shape index (κ3) is 2.18. The first-order chi connectivity index (χ1) is 8.07. The molecule has 0 radical (unpaired) electrons. The Morgan fingerprint density at radius 2 is 2.47 bits per heavy atom. The zero-order chi connectivity index (χ0) is 12.5. The van der Waals surface area contributed by atoms with Crippen LogP contribution in [0.5, 0.6) is 0 Å². The Kier molecular flexibility index (Phi) is 3.17. The predicted octanol–water partition coefficient (Wildman–Crippen LogP) is 1.73. The van der Waals surface area contributed by atoms with E-state index < -0.39 is 11.4 Å². The SMILES string of the molecule is CCn1ncnc1CC1(C(=O)O)CCC(C)C1. The van der Waals surface area contributed by atoms with Crippen molar-refractivity contribution in [2.75, 3.05) is 0 Å². The third-order valence-corrected chi connectivity index (χ3v) is 3.80. The largest absolute Gasteiger partial charge is 0.481 e. The molecule has 1 heterocycles. The van der Waals surface area contributed by atoms with Crippen molar-refractivity contribution in [1.29, 1.82) is 0 Å². The molecule has 0 saturated heterocycles. The van der Waals surface area contributed by atoms with Crippen molar-refractivity contribution in [3.63, 3.8) is 0 Å². The molecule has 17 heavy (non-hydrogen) atoms. The molecule has 1 saturated carbocycles. The summed E-state index contributed by atoms with van der Waals surface area (Å²) in [5, 5.41) is 13.6. The van der Waals surface area contributed by atoms with Gasteiger partial charge in [0, 0.05) is 13.0 Å². The molecule has 2 atom stereocenters. The second kappa shape index (κ2) is 4.47. The lowest BCUT2D eigenvalue weighted by Gasteiger charge is -2.23. The molecule has 5 nitrogen and oxygen atoms in total. The molecule has 0 spiro atoms. The van der Waals surface area contributed by atoms with E-state index in [4.69, 9.17) is 0 Å². The number of aliphatic carboxylic acids is 1. The summed E-state index contributed by atoms with van der Waals surface area (Å²) in [7, 11) is 0. The van der Waals surface area contributed by atoms with Crippen molar-refractivity contribution in [2.45, 2.75) is 46.1 Å². The van der Waals surface area contributed by atoms with Crippen LogP contribution in [0.2, 0.25) is 0 Å². The lowest BCUT2D eigenvalue weighted by Crippen LogP contribution is -2.32. The Morgan fingerprint density at radius 1 is 1.71 bits per heavy atom. The smallest absolute Gasteiger partial charge is 0.310 e. The molecule has 5 heteroatoms. The number of hydrogen-bond acceptors (Lipinski definition) is 3. The molecule has 2 unspecified atom stereocenters. The molecule has 94 valence electrons. The summed E-state index contributed by atoms with van der Waals surface area (Å²) >= 11 is 0. The standard InChI is InChI=1S/C12H19N3O2/c1-3-15-10(13-8-14-15)7-12(11(16)17)5-4-9(2)6-12/h8-9H,3-7H2,1-2H3,(H,16,17). The van der Waals surface area contributed by atoms with E-state index in [1.807, 2.05) is 6.92 Å². The van der Waals surface area contributed by atoms with Gasteiger partial charge in [-0.1, -0.05) is 6.92 Å². The number of rotatable bonds is 4. The highest BCUT2D eigenvalue weighted by Gasteiger charge is 2.45. The van der Waals surface area contributed by atoms with Gasteiger partial charge in [0.2, 0.25) is 0 Å². The second-order valence-electron chi connectivity index (χ2n) is 5.10. The number of hydrogen-bond donors (Lipinski definition) is 1. The lowest BCUT2D eigenvalue weighted by molar-refractivity contribution is -0.148. The topological polar surface area (TPSA) is 68.0 Å². The molecule has 0 bridgehead atoms. The summed E-state index contributed by atoms with van der Waals surface area (Å²) in [4.78, 5) is 15.7. The molecular formula is C12H19N3O2. The van der Waals surface area contributed by atoms with Crippen LogP contribution < -0.4 is 0 Å². The van der Waals surface area contributed by atoms with Crippen LogP contribution in [-0.4, -0.2) is 25.8 Å². The van der Waals surface area contributed by atoms with Crippen LogP contribution in [0.1, 0.15) is 38.9 Å². The maximum Gasteiger partial charge on any atom is 0.310 e. The van der Waals surface area contributed by atoms with E-state index in [0.717, 1.165) is 31.6 Å². The van der Waals surface area contributed by atoms with E-state index in [0.29, 0.717) is 12.3 Å². The van der Waals surface area contributed by atoms with E-state index >= 15 is 0 Å². The van der Waals surface area contributed by atoms with E-state index in [1.54, 1.807) is 4.68 Å². The van der Waals surface area contributed by atoms with E-state index in [1.165, 1.54) is 6.33 Å². The number of carboxylic acids is 1. The normalized spacial score (nSPS) is 28.5. The molecule has 1 fully saturated rings. The Bertz CT molecular complexity index is 416. The molecule has 1 aromatic rings. The van der Waals surface area contributed by atoms with Gasteiger partial charge in [-0.25, -0.2) is 4.98 Å². The fourth-order valence-corrected chi connectivity index (χ4v) is 2.82. The Balaban J connectivity index is 2.22. The van der Waals surface area contributed by atoms with E-state index in [2.05, 4.69) is 17.0 Å². The Labute approximate surface area is 101 Å². The highest BCUT2D eigenvalue weighted by atomic mass is 16.4. The van der Waals surface area contributed by atoms with Gasteiger partial charge in [0.15, 0.2) is 0 Å². The molecule has 0 amide bonds. The molecular weight excluding hydrogens is 218 g/mol. The van der Waals surface area contributed by atoms with Crippen molar-refractivity contribution < 1.29 is 9.90 Å². The monoisotopic (exact) mass is 237 g/mol. The molecule has 0 aliphatic heterocycles. The highest BCUT2D eigenvalue weighted by molar-refractivity contribution is 5.75. The Morgan fingerprint density at radius 3 is 3.00 bits per heavy atom. The first-order valence-corrected chi connectivity index (χ1v) is 6.17. The molecule has 1 aliphatic carbocycles. The van der Waals surface area contributed by atoms with Gasteiger partial charge in [-0.15, -0.1) is 0 Å². The maximum absolute atomic E-state index is 11.5. The number of carbonyl (C=O) groups is 1. The zero-order valence-electron chi connectivity index (χ0n) is 10.4. The summed E-state index contributed by atoms with van der Waals surface area (Å²) in [5.74, 6) is 0.598. The van der Waals surface area contributed by atoms with Gasteiger partial charge in [0.25, 0.3) is 0 Å². The predicted molar refractivity (Wildman–Crippen MR) is 62.5 cm³/mol. The number of aryl methyl sites for hydroxylation is 1. The van der Waals surface area contributed by atoms with Gasteiger partial charge in [0.1, 0.15) is 12.2 Å². The van der Waals surface area contributed by atoms with Gasteiger partial charge < -0.3 is 5.11 Å². The fourth-order valence-electron chi connectivity index (χ4n) is 2.82. The lowest BCUT2D eigenvalue weighted by atomic mass is 9.81. The van der Waals surface area contributed by atoms with Crippen LogP contribution in [0.3, 0.4) is 0 Å². The quantitative estimate of drug-likeness (QED) is 0.866. The van der Waals surface area contributed by atoms with Gasteiger partial charge in [-0.05, 0) is 32.1 Å². The van der Waals surface area contributed by atoms with Gasteiger partial charge >= 0.3 is 5.97 Å². The van der Waals surface area contributed by atoms with E-state index in [-0.39, 0.29) is 0 Å². The van der Waals surface area contributed by atoms with Crippen molar-refractivity contribution in [3.05, 3.63) is 12.2 Å². The molecule has 2 rings (SSSR count). The molecule has 1 aromatic heterocycles. The number of aromatic nitrogens is 3. The van der Waals surface area contributed by atoms with Crippen molar-refractivity contribution in [1.82, 2.24) is 14.8 Å². The molecule has 1 aliphatic rings. The van der Waals surface area contributed by atoms with Crippen molar-refractivity contribution in [3.8, 4) is 0 Å². The second-order valence-corrected chi connectivity index (χ2v) is 5.10. The van der Waals surface area contributed by atoms with Crippen LogP contribution in [0.25, 0.3) is 0 Å².